The lowest BCUT2D eigenvalue weighted by atomic mass is 10.0. The second-order valence-corrected chi connectivity index (χ2v) is 23.0. The summed E-state index contributed by atoms with van der Waals surface area (Å²) in [6, 6.07) is 0. The molecule has 0 aromatic carbocycles. The highest BCUT2D eigenvalue weighted by Crippen LogP contribution is 2.19. The van der Waals surface area contributed by atoms with Gasteiger partial charge >= 0.3 is 17.9 Å². The third-order valence-electron chi connectivity index (χ3n) is 14.7. The van der Waals surface area contributed by atoms with E-state index in [1.165, 1.54) is 250 Å². The molecule has 0 bridgehead atoms. The molecule has 0 aliphatic carbocycles. The number of hydrogen-bond acceptors (Lipinski definition) is 6. The molecule has 70 heavy (non-hydrogen) atoms. The second kappa shape index (κ2) is 56.7. The average Bonchev–Trinajstić information content (AvgIpc) is 3.33. The molecule has 6 heteroatoms. The molecule has 0 N–H and O–H groups in total. The summed E-state index contributed by atoms with van der Waals surface area (Å²) in [5.41, 5.74) is 0. The third kappa shape index (κ3) is 57.3. The first kappa shape index (κ1) is 68.4. The van der Waals surface area contributed by atoms with Crippen LogP contribution in [0.3, 0.4) is 0 Å². The molecule has 0 aliphatic heterocycles. The number of ether oxygens (including phenoxy) is 3. The van der Waals surface area contributed by atoms with Crippen LogP contribution in [0.4, 0.5) is 0 Å². The Kier molecular flexibility index (Phi) is 55.4. The van der Waals surface area contributed by atoms with Crippen molar-refractivity contribution >= 4 is 17.9 Å². The molecular formula is C64H124O6. The molecule has 0 aliphatic rings. The second-order valence-electron chi connectivity index (χ2n) is 23.0. The normalized spacial score (nSPS) is 12.0. The number of esters is 3. The minimum atomic E-state index is -0.764. The van der Waals surface area contributed by atoms with Gasteiger partial charge in [0.2, 0.25) is 0 Å². The first-order valence-electron chi connectivity index (χ1n) is 31.7. The molecule has 0 fully saturated rings. The van der Waals surface area contributed by atoms with Crippen LogP contribution in [-0.2, 0) is 28.6 Å². The monoisotopic (exact) mass is 989 g/mol. The Morgan fingerprint density at radius 1 is 0.271 bits per heavy atom. The number of rotatable bonds is 58. The summed E-state index contributed by atoms with van der Waals surface area (Å²) in [7, 11) is 0. The standard InChI is InChI=1S/C64H124O6/c1-6-7-8-9-10-11-12-13-14-15-16-17-18-24-29-34-39-44-49-54-62(65)68-57-61(58-69-63(66)55-50-45-40-35-30-26-21-23-28-33-38-43-48-53-60(4)5)70-64(67)56-51-46-41-36-31-25-20-19-22-27-32-37-42-47-52-59(2)3/h59-61H,6-58H2,1-5H3/t61-/m1/s1. The van der Waals surface area contributed by atoms with E-state index in [0.29, 0.717) is 19.3 Å². The van der Waals surface area contributed by atoms with E-state index in [0.717, 1.165) is 69.6 Å². The topological polar surface area (TPSA) is 78.9 Å². The van der Waals surface area contributed by atoms with Crippen LogP contribution in [0.25, 0.3) is 0 Å². The van der Waals surface area contributed by atoms with Crippen LogP contribution in [0.15, 0.2) is 0 Å². The smallest absolute Gasteiger partial charge is 0.306 e. The largest absolute Gasteiger partial charge is 0.462 e. The highest BCUT2D eigenvalue weighted by molar-refractivity contribution is 5.71. The maximum Gasteiger partial charge on any atom is 0.306 e. The minimum absolute atomic E-state index is 0.0619. The lowest BCUT2D eigenvalue weighted by Gasteiger charge is -2.18. The van der Waals surface area contributed by atoms with Gasteiger partial charge in [0.15, 0.2) is 6.10 Å². The minimum Gasteiger partial charge on any atom is -0.462 e. The van der Waals surface area contributed by atoms with Crippen molar-refractivity contribution in [2.24, 2.45) is 11.8 Å². The number of carbonyl (C=O) groups is 3. The van der Waals surface area contributed by atoms with Gasteiger partial charge in [0.05, 0.1) is 0 Å². The first-order chi connectivity index (χ1) is 34.2. The summed E-state index contributed by atoms with van der Waals surface area (Å²) in [5.74, 6) is 0.851. The Labute approximate surface area is 438 Å². The summed E-state index contributed by atoms with van der Waals surface area (Å²) in [4.78, 5) is 38.3. The zero-order valence-electron chi connectivity index (χ0n) is 48.2. The summed E-state index contributed by atoms with van der Waals surface area (Å²) >= 11 is 0. The van der Waals surface area contributed by atoms with Crippen molar-refractivity contribution < 1.29 is 28.6 Å². The zero-order valence-corrected chi connectivity index (χ0v) is 48.2. The molecule has 0 aromatic rings. The van der Waals surface area contributed by atoms with Gasteiger partial charge in [-0.25, -0.2) is 0 Å². The molecule has 0 heterocycles. The maximum atomic E-state index is 12.9. The SMILES string of the molecule is CCCCCCCCCCCCCCCCCCCCCC(=O)OC[C@H](COC(=O)CCCCCCCCCCCCCCCC(C)C)OC(=O)CCCCCCCCCCCCCCCCC(C)C. The van der Waals surface area contributed by atoms with E-state index in [2.05, 4.69) is 34.6 Å². The van der Waals surface area contributed by atoms with Crippen molar-refractivity contribution in [3.63, 3.8) is 0 Å². The fourth-order valence-corrected chi connectivity index (χ4v) is 9.93. The maximum absolute atomic E-state index is 12.9. The number of unbranched alkanes of at least 4 members (excludes halogenated alkanes) is 43. The fraction of sp³-hybridized carbons (Fsp3) is 0.953. The van der Waals surface area contributed by atoms with Gasteiger partial charge in [0, 0.05) is 19.3 Å². The summed E-state index contributed by atoms with van der Waals surface area (Å²) < 4.78 is 17.0. The van der Waals surface area contributed by atoms with E-state index >= 15 is 0 Å². The van der Waals surface area contributed by atoms with E-state index in [9.17, 15) is 14.4 Å². The molecule has 0 aromatic heterocycles. The molecule has 0 spiro atoms. The lowest BCUT2D eigenvalue weighted by molar-refractivity contribution is -0.167. The van der Waals surface area contributed by atoms with Gasteiger partial charge in [-0.1, -0.05) is 324 Å². The van der Waals surface area contributed by atoms with E-state index in [4.69, 9.17) is 14.2 Å². The van der Waals surface area contributed by atoms with Gasteiger partial charge in [0.25, 0.3) is 0 Å². The van der Waals surface area contributed by atoms with E-state index in [-0.39, 0.29) is 31.1 Å². The quantitative estimate of drug-likeness (QED) is 0.0343. The first-order valence-corrected chi connectivity index (χ1v) is 31.7. The van der Waals surface area contributed by atoms with Crippen LogP contribution in [0.1, 0.15) is 362 Å². The van der Waals surface area contributed by atoms with Crippen molar-refractivity contribution in [2.75, 3.05) is 13.2 Å². The highest BCUT2D eigenvalue weighted by atomic mass is 16.6. The van der Waals surface area contributed by atoms with E-state index < -0.39 is 6.10 Å². The van der Waals surface area contributed by atoms with Gasteiger partial charge in [-0.15, -0.1) is 0 Å². The van der Waals surface area contributed by atoms with Gasteiger partial charge in [0.1, 0.15) is 13.2 Å². The van der Waals surface area contributed by atoms with Crippen molar-refractivity contribution in [1.82, 2.24) is 0 Å². The zero-order chi connectivity index (χ0) is 51.1. The number of carbonyl (C=O) groups excluding carboxylic acids is 3. The van der Waals surface area contributed by atoms with E-state index in [1.54, 1.807) is 0 Å². The van der Waals surface area contributed by atoms with Crippen LogP contribution in [0, 0.1) is 11.8 Å². The predicted molar refractivity (Wildman–Crippen MR) is 303 cm³/mol. The number of hydrogen-bond donors (Lipinski definition) is 0. The molecular weight excluding hydrogens is 865 g/mol. The molecule has 0 saturated heterocycles. The van der Waals surface area contributed by atoms with Crippen molar-refractivity contribution in [2.45, 2.75) is 368 Å². The van der Waals surface area contributed by atoms with Crippen molar-refractivity contribution in [1.29, 1.82) is 0 Å². The Hall–Kier alpha value is -1.59. The molecule has 416 valence electrons. The highest BCUT2D eigenvalue weighted by Gasteiger charge is 2.19. The summed E-state index contributed by atoms with van der Waals surface area (Å²) in [6.07, 6.45) is 62.4. The Bertz CT molecular complexity index is 1070. The van der Waals surface area contributed by atoms with Crippen LogP contribution in [0.2, 0.25) is 0 Å². The van der Waals surface area contributed by atoms with Gasteiger partial charge in [-0.2, -0.15) is 0 Å². The van der Waals surface area contributed by atoms with Crippen LogP contribution in [-0.4, -0.2) is 37.2 Å². The summed E-state index contributed by atoms with van der Waals surface area (Å²) in [6.45, 7) is 11.4. The van der Waals surface area contributed by atoms with Gasteiger partial charge in [-0.05, 0) is 31.1 Å². The third-order valence-corrected chi connectivity index (χ3v) is 14.7. The molecule has 0 amide bonds. The molecule has 1 atom stereocenters. The molecule has 6 nitrogen and oxygen atoms in total. The lowest BCUT2D eigenvalue weighted by Crippen LogP contribution is -2.30. The van der Waals surface area contributed by atoms with E-state index in [1.807, 2.05) is 0 Å². The fourth-order valence-electron chi connectivity index (χ4n) is 9.93. The van der Waals surface area contributed by atoms with Gasteiger partial charge in [-0.3, -0.25) is 14.4 Å². The Morgan fingerprint density at radius 3 is 0.700 bits per heavy atom. The molecule has 0 unspecified atom stereocenters. The predicted octanol–water partition coefficient (Wildman–Crippen LogP) is 21.2. The van der Waals surface area contributed by atoms with Crippen molar-refractivity contribution in [3.8, 4) is 0 Å². The van der Waals surface area contributed by atoms with Crippen LogP contribution in [0.5, 0.6) is 0 Å². The van der Waals surface area contributed by atoms with Gasteiger partial charge < -0.3 is 14.2 Å². The van der Waals surface area contributed by atoms with Crippen LogP contribution < -0.4 is 0 Å². The van der Waals surface area contributed by atoms with Crippen molar-refractivity contribution in [3.05, 3.63) is 0 Å². The molecule has 0 saturated carbocycles. The average molecular weight is 990 g/mol. The molecule has 0 radical (unpaired) electrons. The molecule has 0 rings (SSSR count). The van der Waals surface area contributed by atoms with Crippen LogP contribution >= 0.6 is 0 Å². The Morgan fingerprint density at radius 2 is 0.471 bits per heavy atom. The Balaban J connectivity index is 4.29. The summed E-state index contributed by atoms with van der Waals surface area (Å²) in [5, 5.41) is 0.